The fourth-order valence-corrected chi connectivity index (χ4v) is 3.26. The maximum Gasteiger partial charge on any atom is 0.222 e. The molecule has 0 radical (unpaired) electrons. The summed E-state index contributed by atoms with van der Waals surface area (Å²) in [5.74, 6) is 0.0865. The molecule has 1 aromatic rings. The van der Waals surface area contributed by atoms with E-state index in [1.54, 1.807) is 11.3 Å². The lowest BCUT2D eigenvalue weighted by Gasteiger charge is -2.24. The van der Waals surface area contributed by atoms with E-state index in [0.29, 0.717) is 6.42 Å². The van der Waals surface area contributed by atoms with Gasteiger partial charge in [-0.25, -0.2) is 0 Å². The highest BCUT2D eigenvalue weighted by Gasteiger charge is 2.22. The molecule has 1 aliphatic rings. The third kappa shape index (κ3) is 3.07. The van der Waals surface area contributed by atoms with Crippen molar-refractivity contribution in [1.29, 1.82) is 0 Å². The number of thiophene rings is 1. The predicted molar refractivity (Wildman–Crippen MR) is 71.0 cm³/mol. The van der Waals surface area contributed by atoms with E-state index >= 15 is 0 Å². The van der Waals surface area contributed by atoms with E-state index in [2.05, 4.69) is 16.8 Å². The molecule has 4 heteroatoms. The molecule has 1 heterocycles. The smallest absolute Gasteiger partial charge is 0.222 e. The highest BCUT2D eigenvalue weighted by molar-refractivity contribution is 7.10. The fraction of sp³-hybridized carbons (Fsp3) is 0.615. The molecule has 0 aliphatic heterocycles. The Kier molecular flexibility index (Phi) is 4.18. The average molecular weight is 252 g/mol. The highest BCUT2D eigenvalue weighted by Crippen LogP contribution is 2.33. The molecule has 0 aromatic carbocycles. The zero-order valence-electron chi connectivity index (χ0n) is 10.2. The van der Waals surface area contributed by atoms with Gasteiger partial charge in [-0.1, -0.05) is 6.92 Å². The van der Waals surface area contributed by atoms with Crippen LogP contribution in [0.15, 0.2) is 11.4 Å². The number of amides is 1. The number of nitrogens with one attached hydrogen (secondary N) is 1. The Labute approximate surface area is 106 Å². The quantitative estimate of drug-likeness (QED) is 0.864. The van der Waals surface area contributed by atoms with Crippen LogP contribution < -0.4 is 11.1 Å². The maximum atomic E-state index is 11.8. The number of fused-ring (bicyclic) bond motifs is 1. The summed E-state index contributed by atoms with van der Waals surface area (Å²) in [6.45, 7) is 2.01. The molecule has 3 N–H and O–H groups in total. The van der Waals surface area contributed by atoms with Gasteiger partial charge in [0.15, 0.2) is 0 Å². The van der Waals surface area contributed by atoms with Gasteiger partial charge in [-0.3, -0.25) is 4.79 Å². The first kappa shape index (κ1) is 12.6. The van der Waals surface area contributed by atoms with Crippen molar-refractivity contribution in [2.45, 2.75) is 51.1 Å². The molecule has 17 heavy (non-hydrogen) atoms. The second-order valence-corrected chi connectivity index (χ2v) is 5.68. The number of carbonyl (C=O) groups is 1. The van der Waals surface area contributed by atoms with Crippen LogP contribution in [0.2, 0.25) is 0 Å². The molecular weight excluding hydrogens is 232 g/mol. The number of nitrogens with two attached hydrogens (primary N) is 1. The summed E-state index contributed by atoms with van der Waals surface area (Å²) in [5, 5.41) is 5.23. The number of carbonyl (C=O) groups excluding carboxylic acids is 1. The van der Waals surface area contributed by atoms with Gasteiger partial charge in [0.2, 0.25) is 5.91 Å². The van der Waals surface area contributed by atoms with Crippen molar-refractivity contribution >= 4 is 17.2 Å². The highest BCUT2D eigenvalue weighted by atomic mass is 32.1. The van der Waals surface area contributed by atoms with Crippen LogP contribution in [0.4, 0.5) is 0 Å². The van der Waals surface area contributed by atoms with Crippen molar-refractivity contribution in [3.8, 4) is 0 Å². The van der Waals surface area contributed by atoms with Crippen LogP contribution in [-0.2, 0) is 11.2 Å². The zero-order chi connectivity index (χ0) is 12.3. The molecular formula is C13H20N2OS. The Hall–Kier alpha value is -0.870. The Morgan fingerprint density at radius 1 is 1.71 bits per heavy atom. The third-order valence-corrected chi connectivity index (χ3v) is 4.36. The topological polar surface area (TPSA) is 55.1 Å². The van der Waals surface area contributed by atoms with E-state index < -0.39 is 0 Å². The van der Waals surface area contributed by atoms with Gasteiger partial charge in [-0.2, -0.15) is 0 Å². The molecule has 2 unspecified atom stereocenters. The normalized spacial score (nSPS) is 20.7. The van der Waals surface area contributed by atoms with Gasteiger partial charge in [0.05, 0.1) is 6.04 Å². The largest absolute Gasteiger partial charge is 0.349 e. The second kappa shape index (κ2) is 5.65. The Bertz CT molecular complexity index is 389. The van der Waals surface area contributed by atoms with E-state index in [-0.39, 0.29) is 18.0 Å². The zero-order valence-corrected chi connectivity index (χ0v) is 11.1. The van der Waals surface area contributed by atoms with E-state index in [1.165, 1.54) is 10.4 Å². The van der Waals surface area contributed by atoms with Crippen LogP contribution in [-0.4, -0.2) is 11.9 Å². The molecule has 94 valence electrons. The van der Waals surface area contributed by atoms with E-state index in [1.807, 2.05) is 6.92 Å². The minimum absolute atomic E-state index is 0.0134. The first-order chi connectivity index (χ1) is 8.20. The van der Waals surface area contributed by atoms with Gasteiger partial charge >= 0.3 is 0 Å². The Morgan fingerprint density at radius 3 is 3.29 bits per heavy atom. The van der Waals surface area contributed by atoms with E-state index in [0.717, 1.165) is 25.7 Å². The fourth-order valence-electron chi connectivity index (χ4n) is 2.27. The van der Waals surface area contributed by atoms with E-state index in [9.17, 15) is 4.79 Å². The van der Waals surface area contributed by atoms with Crippen LogP contribution in [0.25, 0.3) is 0 Å². The number of rotatable bonds is 4. The van der Waals surface area contributed by atoms with E-state index in [4.69, 9.17) is 5.73 Å². The van der Waals surface area contributed by atoms with Crippen molar-refractivity contribution < 1.29 is 4.79 Å². The SMILES string of the molecule is CCC(N)CC(=O)NC1CCCc2sccc21. The Morgan fingerprint density at radius 2 is 2.53 bits per heavy atom. The molecule has 0 fully saturated rings. The summed E-state index contributed by atoms with van der Waals surface area (Å²) in [6.07, 6.45) is 4.66. The number of aryl methyl sites for hydroxylation is 1. The summed E-state index contributed by atoms with van der Waals surface area (Å²) < 4.78 is 0. The first-order valence-electron chi connectivity index (χ1n) is 6.32. The van der Waals surface area contributed by atoms with Gasteiger partial charge < -0.3 is 11.1 Å². The molecule has 3 nitrogen and oxygen atoms in total. The molecule has 0 saturated carbocycles. The van der Waals surface area contributed by atoms with Gasteiger partial charge in [0, 0.05) is 17.3 Å². The lowest BCUT2D eigenvalue weighted by Crippen LogP contribution is -2.34. The van der Waals surface area contributed by atoms with Crippen LogP contribution in [0.1, 0.15) is 49.1 Å². The lowest BCUT2D eigenvalue weighted by atomic mass is 9.94. The Balaban J connectivity index is 1.95. The minimum atomic E-state index is -0.0134. The van der Waals surface area contributed by atoms with Crippen molar-refractivity contribution in [1.82, 2.24) is 5.32 Å². The van der Waals surface area contributed by atoms with Crippen LogP contribution in [0, 0.1) is 0 Å². The summed E-state index contributed by atoms with van der Waals surface area (Å²) in [5.41, 5.74) is 7.11. The maximum absolute atomic E-state index is 11.8. The standard InChI is InChI=1S/C13H20N2OS/c1-2-9(14)8-13(16)15-11-4-3-5-12-10(11)6-7-17-12/h6-7,9,11H,2-5,8,14H2,1H3,(H,15,16). The predicted octanol–water partition coefficient (Wildman–Crippen LogP) is 2.37. The average Bonchev–Trinajstić information content (AvgIpc) is 2.78. The van der Waals surface area contributed by atoms with Crippen molar-refractivity contribution in [3.05, 3.63) is 21.9 Å². The molecule has 0 bridgehead atoms. The monoisotopic (exact) mass is 252 g/mol. The van der Waals surface area contributed by atoms with Gasteiger partial charge in [-0.15, -0.1) is 11.3 Å². The second-order valence-electron chi connectivity index (χ2n) is 4.68. The molecule has 0 spiro atoms. The minimum Gasteiger partial charge on any atom is -0.349 e. The summed E-state index contributed by atoms with van der Waals surface area (Å²) in [7, 11) is 0. The molecule has 1 amide bonds. The van der Waals surface area contributed by atoms with Crippen LogP contribution in [0.3, 0.4) is 0 Å². The van der Waals surface area contributed by atoms with Crippen LogP contribution >= 0.6 is 11.3 Å². The van der Waals surface area contributed by atoms with Crippen molar-refractivity contribution in [2.24, 2.45) is 5.73 Å². The van der Waals surface area contributed by atoms with Crippen molar-refractivity contribution in [3.63, 3.8) is 0 Å². The molecule has 2 atom stereocenters. The van der Waals surface area contributed by atoms with Crippen molar-refractivity contribution in [2.75, 3.05) is 0 Å². The van der Waals surface area contributed by atoms with Gasteiger partial charge in [-0.05, 0) is 42.7 Å². The molecule has 0 saturated heterocycles. The summed E-state index contributed by atoms with van der Waals surface area (Å²) in [4.78, 5) is 13.3. The first-order valence-corrected chi connectivity index (χ1v) is 7.20. The summed E-state index contributed by atoms with van der Waals surface area (Å²) in [6, 6.07) is 2.34. The molecule has 1 aliphatic carbocycles. The van der Waals surface area contributed by atoms with Crippen LogP contribution in [0.5, 0.6) is 0 Å². The number of hydrogen-bond donors (Lipinski definition) is 2. The summed E-state index contributed by atoms with van der Waals surface area (Å²) >= 11 is 1.80. The third-order valence-electron chi connectivity index (χ3n) is 3.36. The lowest BCUT2D eigenvalue weighted by molar-refractivity contribution is -0.122. The van der Waals surface area contributed by atoms with Gasteiger partial charge in [0.25, 0.3) is 0 Å². The van der Waals surface area contributed by atoms with Gasteiger partial charge in [0.1, 0.15) is 0 Å². The molecule has 2 rings (SSSR count). The number of hydrogen-bond acceptors (Lipinski definition) is 3. The molecule has 1 aromatic heterocycles.